The van der Waals surface area contributed by atoms with Crippen molar-refractivity contribution in [3.8, 4) is 0 Å². The van der Waals surface area contributed by atoms with Crippen LogP contribution in [-0.4, -0.2) is 34.2 Å². The number of hydrogen-bond donors (Lipinski definition) is 1. The van der Waals surface area contributed by atoms with E-state index < -0.39 is 0 Å². The van der Waals surface area contributed by atoms with Crippen molar-refractivity contribution < 1.29 is 4.74 Å². The second kappa shape index (κ2) is 7.98. The normalized spacial score (nSPS) is 20.5. The summed E-state index contributed by atoms with van der Waals surface area (Å²) >= 11 is 0. The molecule has 0 radical (unpaired) electrons. The first-order valence-electron chi connectivity index (χ1n) is 9.45. The first-order chi connectivity index (χ1) is 12.8. The number of ether oxygens (including phenoxy) is 1. The third-order valence-corrected chi connectivity index (χ3v) is 5.18. The molecule has 3 heterocycles. The number of fused-ring (bicyclic) bond motifs is 1. The number of aryl methyl sites for hydroxylation is 1. The van der Waals surface area contributed by atoms with E-state index in [9.17, 15) is 0 Å². The largest absolute Gasteiger partial charge is 0.370 e. The van der Waals surface area contributed by atoms with E-state index in [0.29, 0.717) is 5.92 Å². The summed E-state index contributed by atoms with van der Waals surface area (Å²) < 4.78 is 8.12. The lowest BCUT2D eigenvalue weighted by atomic mass is 9.93. The highest BCUT2D eigenvalue weighted by atomic mass is 16.5. The van der Waals surface area contributed by atoms with Crippen LogP contribution in [0.2, 0.25) is 0 Å². The molecule has 3 aromatic rings. The van der Waals surface area contributed by atoms with Crippen molar-refractivity contribution in [2.24, 2.45) is 13.0 Å². The minimum atomic E-state index is 0.0926. The molecule has 136 valence electrons. The molecular weight excluding hydrogens is 324 g/mol. The van der Waals surface area contributed by atoms with Crippen LogP contribution < -0.4 is 5.32 Å². The lowest BCUT2D eigenvalue weighted by molar-refractivity contribution is -0.0342. The molecule has 0 bridgehead atoms. The summed E-state index contributed by atoms with van der Waals surface area (Å²) in [5.74, 6) is 1.50. The van der Waals surface area contributed by atoms with Gasteiger partial charge in [0.15, 0.2) is 0 Å². The predicted octanol–water partition coefficient (Wildman–Crippen LogP) is 3.27. The van der Waals surface area contributed by atoms with Crippen molar-refractivity contribution in [3.63, 3.8) is 0 Å². The number of rotatable bonds is 6. The molecule has 0 amide bonds. The number of pyridine rings is 1. The van der Waals surface area contributed by atoms with Gasteiger partial charge in [-0.15, -0.1) is 0 Å². The average molecular weight is 350 g/mol. The monoisotopic (exact) mass is 350 g/mol. The summed E-state index contributed by atoms with van der Waals surface area (Å²) in [5.41, 5.74) is 2.21. The molecular formula is C21H26N4O. The van der Waals surface area contributed by atoms with E-state index in [1.54, 1.807) is 0 Å². The van der Waals surface area contributed by atoms with Gasteiger partial charge < -0.3 is 14.6 Å². The third kappa shape index (κ3) is 3.79. The van der Waals surface area contributed by atoms with Crippen LogP contribution in [0.4, 0.5) is 0 Å². The number of aromatic nitrogens is 3. The van der Waals surface area contributed by atoms with E-state index in [2.05, 4.69) is 45.2 Å². The molecule has 1 saturated heterocycles. The number of nitrogens with one attached hydrogen (secondary N) is 1. The van der Waals surface area contributed by atoms with Crippen LogP contribution in [0.3, 0.4) is 0 Å². The maximum Gasteiger partial charge on any atom is 0.137 e. The Morgan fingerprint density at radius 2 is 2.15 bits per heavy atom. The fourth-order valence-corrected chi connectivity index (χ4v) is 3.74. The van der Waals surface area contributed by atoms with E-state index in [4.69, 9.17) is 9.72 Å². The Balaban J connectivity index is 1.32. The Morgan fingerprint density at radius 1 is 1.23 bits per heavy atom. The van der Waals surface area contributed by atoms with Gasteiger partial charge in [-0.2, -0.15) is 0 Å². The minimum absolute atomic E-state index is 0.0926. The topological polar surface area (TPSA) is 52.0 Å². The number of hydrogen-bond acceptors (Lipinski definition) is 4. The molecule has 5 nitrogen and oxygen atoms in total. The van der Waals surface area contributed by atoms with Crippen molar-refractivity contribution in [3.05, 3.63) is 60.3 Å². The van der Waals surface area contributed by atoms with Crippen molar-refractivity contribution in [2.45, 2.75) is 25.4 Å². The molecule has 0 spiro atoms. The number of imidazole rings is 1. The van der Waals surface area contributed by atoms with Gasteiger partial charge in [0.2, 0.25) is 0 Å². The molecule has 1 aromatic carbocycles. The maximum atomic E-state index is 6.04. The molecule has 1 fully saturated rings. The molecule has 2 aromatic heterocycles. The SMILES string of the molecule is Cn1ccnc1[C@@H]1OCCC[C@H]1CNCCc1ccc2ccccc2n1. The van der Waals surface area contributed by atoms with Crippen LogP contribution in [0.1, 0.15) is 30.5 Å². The van der Waals surface area contributed by atoms with Crippen LogP contribution in [-0.2, 0) is 18.2 Å². The highest BCUT2D eigenvalue weighted by Crippen LogP contribution is 2.32. The molecule has 0 aliphatic carbocycles. The second-order valence-electron chi connectivity index (χ2n) is 7.04. The van der Waals surface area contributed by atoms with Crippen molar-refractivity contribution >= 4 is 10.9 Å². The van der Waals surface area contributed by atoms with Crippen LogP contribution >= 0.6 is 0 Å². The maximum absolute atomic E-state index is 6.04. The van der Waals surface area contributed by atoms with Crippen molar-refractivity contribution in [1.82, 2.24) is 19.9 Å². The lowest BCUT2D eigenvalue weighted by Gasteiger charge is -2.31. The minimum Gasteiger partial charge on any atom is -0.370 e. The second-order valence-corrected chi connectivity index (χ2v) is 7.04. The molecule has 5 heteroatoms. The summed E-state index contributed by atoms with van der Waals surface area (Å²) in [7, 11) is 2.04. The molecule has 1 aliphatic heterocycles. The van der Waals surface area contributed by atoms with Gasteiger partial charge in [0.1, 0.15) is 11.9 Å². The quantitative estimate of drug-likeness (QED) is 0.693. The first kappa shape index (κ1) is 17.2. The Bertz CT molecular complexity index is 860. The Morgan fingerprint density at radius 3 is 3.04 bits per heavy atom. The fourth-order valence-electron chi connectivity index (χ4n) is 3.74. The van der Waals surface area contributed by atoms with Gasteiger partial charge in [0, 0.05) is 62.6 Å². The number of nitrogens with zero attached hydrogens (tertiary/aromatic N) is 3. The molecule has 1 aliphatic rings. The van der Waals surface area contributed by atoms with E-state index >= 15 is 0 Å². The van der Waals surface area contributed by atoms with Crippen LogP contribution in [0, 0.1) is 5.92 Å². The number of para-hydroxylation sites is 1. The first-order valence-corrected chi connectivity index (χ1v) is 9.45. The molecule has 0 saturated carbocycles. The van der Waals surface area contributed by atoms with Gasteiger partial charge >= 0.3 is 0 Å². The van der Waals surface area contributed by atoms with Crippen LogP contribution in [0.5, 0.6) is 0 Å². The van der Waals surface area contributed by atoms with E-state index in [-0.39, 0.29) is 6.10 Å². The highest BCUT2D eigenvalue weighted by Gasteiger charge is 2.29. The van der Waals surface area contributed by atoms with E-state index in [1.807, 2.05) is 25.5 Å². The molecule has 1 N–H and O–H groups in total. The summed E-state index contributed by atoms with van der Waals surface area (Å²) in [6.45, 7) is 2.70. The fraction of sp³-hybridized carbons (Fsp3) is 0.429. The zero-order chi connectivity index (χ0) is 17.8. The molecule has 0 unspecified atom stereocenters. The predicted molar refractivity (Wildman–Crippen MR) is 103 cm³/mol. The van der Waals surface area contributed by atoms with Crippen molar-refractivity contribution in [1.29, 1.82) is 0 Å². The molecule has 26 heavy (non-hydrogen) atoms. The lowest BCUT2D eigenvalue weighted by Crippen LogP contribution is -2.34. The van der Waals surface area contributed by atoms with Crippen LogP contribution in [0.25, 0.3) is 10.9 Å². The summed E-state index contributed by atoms with van der Waals surface area (Å²) in [6.07, 6.45) is 7.17. The summed E-state index contributed by atoms with van der Waals surface area (Å²) in [4.78, 5) is 9.24. The highest BCUT2D eigenvalue weighted by molar-refractivity contribution is 5.78. The van der Waals surface area contributed by atoms with Crippen molar-refractivity contribution in [2.75, 3.05) is 19.7 Å². The van der Waals surface area contributed by atoms with Crippen LogP contribution in [0.15, 0.2) is 48.8 Å². The number of benzene rings is 1. The Hall–Kier alpha value is -2.24. The summed E-state index contributed by atoms with van der Waals surface area (Å²) in [6, 6.07) is 12.6. The standard InChI is InChI=1S/C21H26N4O/c1-25-13-12-23-21(25)20-17(6-4-14-26-20)15-22-11-10-18-9-8-16-5-2-3-7-19(16)24-18/h2-3,5,7-9,12-13,17,20,22H,4,6,10-11,14-15H2,1H3/t17-,20+/m0/s1. The van der Waals surface area contributed by atoms with E-state index in [0.717, 1.165) is 49.6 Å². The van der Waals surface area contributed by atoms with Gasteiger partial charge in [-0.25, -0.2) is 4.98 Å². The van der Waals surface area contributed by atoms with Gasteiger partial charge in [0.25, 0.3) is 0 Å². The Kier molecular flexibility index (Phi) is 5.27. The Labute approximate surface area is 154 Å². The van der Waals surface area contributed by atoms with Gasteiger partial charge in [-0.3, -0.25) is 4.98 Å². The molecule has 2 atom stereocenters. The third-order valence-electron chi connectivity index (χ3n) is 5.18. The van der Waals surface area contributed by atoms with Gasteiger partial charge in [-0.1, -0.05) is 24.3 Å². The zero-order valence-corrected chi connectivity index (χ0v) is 15.3. The zero-order valence-electron chi connectivity index (χ0n) is 15.3. The average Bonchev–Trinajstić information content (AvgIpc) is 3.11. The smallest absolute Gasteiger partial charge is 0.137 e. The van der Waals surface area contributed by atoms with Gasteiger partial charge in [-0.05, 0) is 25.0 Å². The molecule has 4 rings (SSSR count). The summed E-state index contributed by atoms with van der Waals surface area (Å²) in [5, 5.41) is 4.80. The van der Waals surface area contributed by atoms with E-state index in [1.165, 1.54) is 11.8 Å². The van der Waals surface area contributed by atoms with Gasteiger partial charge in [0.05, 0.1) is 5.52 Å².